The minimum Gasteiger partial charge on any atom is -0.396 e. The van der Waals surface area contributed by atoms with Crippen LogP contribution in [-0.4, -0.2) is 48.6 Å². The van der Waals surface area contributed by atoms with Crippen LogP contribution in [0.15, 0.2) is 89.1 Å². The van der Waals surface area contributed by atoms with Crippen molar-refractivity contribution >= 4 is 34.6 Å². The van der Waals surface area contributed by atoms with Gasteiger partial charge in [0.25, 0.3) is 0 Å². The van der Waals surface area contributed by atoms with Gasteiger partial charge >= 0.3 is 0 Å². The third kappa shape index (κ3) is 8.35. The van der Waals surface area contributed by atoms with E-state index in [2.05, 4.69) is 65.3 Å². The molecule has 0 fully saturated rings. The Kier molecular flexibility index (Phi) is 10.7. The standard InChI is InChI=1S/C32H34Cl2N2O2/c1-36-22-28(35-32(23-36)30-18-14-27(33)21-31(30)34)15-10-24-7-3-4-8-25(11-9-24)26-12-16-29(17-13-26)38-20-6-2-5-19-37/h8-16,18,21,23-24,29,37H,2,4-6,17,19-20,22H2,1H3/b11-9-,15-10+,25-8+. The van der Waals surface area contributed by atoms with E-state index in [4.69, 9.17) is 38.0 Å². The lowest BCUT2D eigenvalue weighted by molar-refractivity contribution is 0.0822. The van der Waals surface area contributed by atoms with Gasteiger partial charge in [-0.1, -0.05) is 77.6 Å². The molecule has 1 aromatic rings. The normalized spacial score (nSPS) is 23.4. The Labute approximate surface area is 236 Å². The maximum Gasteiger partial charge on any atom is 0.0879 e. The van der Waals surface area contributed by atoms with E-state index in [1.807, 2.05) is 25.4 Å². The fraction of sp³-hybridized carbons (Fsp3) is 0.344. The van der Waals surface area contributed by atoms with Crippen LogP contribution in [0.25, 0.3) is 5.70 Å². The second-order valence-corrected chi connectivity index (χ2v) is 10.4. The molecule has 0 bridgehead atoms. The van der Waals surface area contributed by atoms with Gasteiger partial charge in [-0.25, -0.2) is 4.99 Å². The molecule has 1 aromatic carbocycles. The molecule has 0 radical (unpaired) electrons. The summed E-state index contributed by atoms with van der Waals surface area (Å²) >= 11 is 12.5. The summed E-state index contributed by atoms with van der Waals surface area (Å²) in [5.74, 6) is 6.63. The highest BCUT2D eigenvalue weighted by molar-refractivity contribution is 6.35. The van der Waals surface area contributed by atoms with Crippen LogP contribution in [0.1, 0.15) is 37.7 Å². The number of ether oxygens (including phenoxy) is 1. The van der Waals surface area contributed by atoms with Crippen molar-refractivity contribution in [2.75, 3.05) is 26.8 Å². The second kappa shape index (κ2) is 14.4. The van der Waals surface area contributed by atoms with Crippen molar-refractivity contribution in [2.45, 2.75) is 38.2 Å². The third-order valence-electron chi connectivity index (χ3n) is 6.43. The predicted octanol–water partition coefficient (Wildman–Crippen LogP) is 7.17. The highest BCUT2D eigenvalue weighted by atomic mass is 35.5. The van der Waals surface area contributed by atoms with Crippen molar-refractivity contribution < 1.29 is 9.84 Å². The largest absolute Gasteiger partial charge is 0.396 e. The molecule has 2 aliphatic carbocycles. The summed E-state index contributed by atoms with van der Waals surface area (Å²) in [7, 11) is 2.03. The molecule has 3 aliphatic rings. The van der Waals surface area contributed by atoms with Gasteiger partial charge in [0.2, 0.25) is 0 Å². The lowest BCUT2D eigenvalue weighted by Crippen LogP contribution is -2.23. The van der Waals surface area contributed by atoms with Gasteiger partial charge in [0, 0.05) is 43.5 Å². The molecule has 2 unspecified atom stereocenters. The average molecular weight is 550 g/mol. The van der Waals surface area contributed by atoms with Crippen LogP contribution in [0.2, 0.25) is 10.0 Å². The van der Waals surface area contributed by atoms with E-state index < -0.39 is 0 Å². The molecular weight excluding hydrogens is 515 g/mol. The zero-order valence-electron chi connectivity index (χ0n) is 21.7. The van der Waals surface area contributed by atoms with Gasteiger partial charge < -0.3 is 14.7 Å². The molecule has 1 N–H and O–H groups in total. The van der Waals surface area contributed by atoms with Crippen molar-refractivity contribution in [1.82, 2.24) is 4.90 Å². The maximum atomic E-state index is 8.89. The Morgan fingerprint density at radius 2 is 1.97 bits per heavy atom. The van der Waals surface area contributed by atoms with Crippen molar-refractivity contribution in [1.29, 1.82) is 0 Å². The van der Waals surface area contributed by atoms with E-state index in [1.165, 1.54) is 11.1 Å². The van der Waals surface area contributed by atoms with Crippen LogP contribution in [-0.2, 0) is 4.74 Å². The second-order valence-electron chi connectivity index (χ2n) is 9.53. The van der Waals surface area contributed by atoms with Crippen LogP contribution in [0.3, 0.4) is 0 Å². The van der Waals surface area contributed by atoms with E-state index in [1.54, 1.807) is 6.07 Å². The first-order valence-corrected chi connectivity index (χ1v) is 13.9. The van der Waals surface area contributed by atoms with Crippen LogP contribution >= 0.6 is 23.2 Å². The minimum absolute atomic E-state index is 0.00311. The number of nitrogens with zero attached hydrogens (tertiary/aromatic N) is 2. The fourth-order valence-corrected chi connectivity index (χ4v) is 4.92. The quantitative estimate of drug-likeness (QED) is 0.249. The van der Waals surface area contributed by atoms with Crippen molar-refractivity contribution in [2.24, 2.45) is 10.9 Å². The zero-order valence-corrected chi connectivity index (χ0v) is 23.3. The van der Waals surface area contributed by atoms with Gasteiger partial charge in [0.15, 0.2) is 0 Å². The number of rotatable bonds is 10. The van der Waals surface area contributed by atoms with Gasteiger partial charge in [-0.2, -0.15) is 0 Å². The van der Waals surface area contributed by atoms with E-state index >= 15 is 0 Å². The number of hydrogen-bond acceptors (Lipinski definition) is 4. The lowest BCUT2D eigenvalue weighted by Gasteiger charge is -2.21. The van der Waals surface area contributed by atoms with Crippen LogP contribution in [0.4, 0.5) is 0 Å². The molecule has 4 nitrogen and oxygen atoms in total. The van der Waals surface area contributed by atoms with Gasteiger partial charge in [0.1, 0.15) is 0 Å². The number of aliphatic imine (C=N–C) groups is 1. The molecule has 0 amide bonds. The number of halogens is 2. The maximum absolute atomic E-state index is 8.89. The number of hydrogen-bond donors (Lipinski definition) is 1. The van der Waals surface area contributed by atoms with E-state index in [0.29, 0.717) is 23.0 Å². The Morgan fingerprint density at radius 1 is 1.13 bits per heavy atom. The lowest BCUT2D eigenvalue weighted by atomic mass is 9.94. The van der Waals surface area contributed by atoms with Crippen LogP contribution in [0.5, 0.6) is 0 Å². The smallest absolute Gasteiger partial charge is 0.0879 e. The highest BCUT2D eigenvalue weighted by Gasteiger charge is 2.14. The summed E-state index contributed by atoms with van der Waals surface area (Å²) < 4.78 is 5.96. The van der Waals surface area contributed by atoms with Gasteiger partial charge in [-0.3, -0.25) is 0 Å². The van der Waals surface area contributed by atoms with Crippen molar-refractivity contribution in [3.05, 3.63) is 99.8 Å². The summed E-state index contributed by atoms with van der Waals surface area (Å²) in [6.07, 6.45) is 23.7. The molecule has 0 aromatic heterocycles. The van der Waals surface area contributed by atoms with Crippen LogP contribution in [0, 0.1) is 17.8 Å². The molecule has 198 valence electrons. The Bertz CT molecular complexity index is 1270. The summed E-state index contributed by atoms with van der Waals surface area (Å²) in [5.41, 5.74) is 5.02. The first-order valence-electron chi connectivity index (χ1n) is 13.1. The van der Waals surface area contributed by atoms with E-state index in [0.717, 1.165) is 49.3 Å². The molecule has 1 heterocycles. The van der Waals surface area contributed by atoms with Gasteiger partial charge in [-0.15, -0.1) is 0 Å². The molecule has 4 rings (SSSR count). The first kappa shape index (κ1) is 28.2. The number of aliphatic hydroxyl groups excluding tert-OH is 1. The molecule has 0 spiro atoms. The number of aliphatic hydroxyl groups is 1. The SMILES string of the molecule is CN1C=C(c2ccc(Cl)cc2Cl)N=C(/C=C/C2C#CC/C=C(C3=CCC(OCCCCCO)C=C3)\C=C/2)C1. The average Bonchev–Trinajstić information content (AvgIpc) is 2.88. The summed E-state index contributed by atoms with van der Waals surface area (Å²) in [6, 6.07) is 5.47. The van der Waals surface area contributed by atoms with E-state index in [9.17, 15) is 0 Å². The first-order chi connectivity index (χ1) is 18.5. The summed E-state index contributed by atoms with van der Waals surface area (Å²) in [5, 5.41) is 10.1. The van der Waals surface area contributed by atoms with Crippen LogP contribution < -0.4 is 0 Å². The minimum atomic E-state index is 0.00311. The predicted molar refractivity (Wildman–Crippen MR) is 159 cm³/mol. The molecular formula is C32H34Cl2N2O2. The number of allylic oxidation sites excluding steroid dienone is 7. The van der Waals surface area contributed by atoms with Gasteiger partial charge in [0.05, 0.1) is 35.0 Å². The molecule has 0 saturated heterocycles. The molecule has 1 aliphatic heterocycles. The Hall–Kier alpha value is -2.81. The zero-order chi connectivity index (χ0) is 26.7. The van der Waals surface area contributed by atoms with Gasteiger partial charge in [-0.05, 0) is 61.1 Å². The van der Waals surface area contributed by atoms with Crippen molar-refractivity contribution in [3.63, 3.8) is 0 Å². The number of unbranched alkanes of at least 4 members (excludes halogenated alkanes) is 2. The summed E-state index contributed by atoms with van der Waals surface area (Å²) in [4.78, 5) is 6.95. The molecule has 6 heteroatoms. The monoisotopic (exact) mass is 548 g/mol. The van der Waals surface area contributed by atoms with E-state index in [-0.39, 0.29) is 18.6 Å². The Balaban J connectivity index is 1.37. The Morgan fingerprint density at radius 3 is 2.76 bits per heavy atom. The molecule has 2 atom stereocenters. The molecule has 0 saturated carbocycles. The highest BCUT2D eigenvalue weighted by Crippen LogP contribution is 2.30. The summed E-state index contributed by atoms with van der Waals surface area (Å²) in [6.45, 7) is 1.70. The number of benzene rings is 1. The molecule has 38 heavy (non-hydrogen) atoms. The third-order valence-corrected chi connectivity index (χ3v) is 6.97. The topological polar surface area (TPSA) is 45.1 Å². The van der Waals surface area contributed by atoms with Crippen molar-refractivity contribution in [3.8, 4) is 11.8 Å². The fourth-order valence-electron chi connectivity index (χ4n) is 4.41.